The Hall–Kier alpha value is -2.82. The maximum atomic E-state index is 15.3. The molecule has 0 N–H and O–H groups in total. The molecule has 1 fully saturated rings. The van der Waals surface area contributed by atoms with Crippen LogP contribution in [0.1, 0.15) is 25.8 Å². The number of rotatable bonds is 4. The van der Waals surface area contributed by atoms with Gasteiger partial charge in [0.2, 0.25) is 5.91 Å². The first-order valence-corrected chi connectivity index (χ1v) is 12.9. The van der Waals surface area contributed by atoms with Crippen LogP contribution in [0.15, 0.2) is 45.7 Å². The fraction of sp³-hybridized carbons (Fsp3) is 0.375. The molecule has 1 aromatic heterocycles. The standard InChI is InChI=1S/C24H24ClFN4O4S/c1-24(2)14-33-9-8-30(24)23-28-27-22(34-23)17-11-19-20(12-18(17)26)35(32)10-7-21(31)29(19)13-15-3-5-16(25)6-4-15/h3-6,11-12H,7-10,13-14H2,1-2H3. The third-order valence-electron chi connectivity index (χ3n) is 6.16. The Bertz CT molecular complexity index is 1300. The molecule has 11 heteroatoms. The second-order valence-corrected chi connectivity index (χ2v) is 11.1. The molecule has 5 rings (SSSR count). The molecule has 184 valence electrons. The molecule has 1 saturated heterocycles. The van der Waals surface area contributed by atoms with Crippen LogP contribution in [-0.4, -0.2) is 51.4 Å². The van der Waals surface area contributed by atoms with E-state index in [2.05, 4.69) is 10.2 Å². The van der Waals surface area contributed by atoms with Crippen molar-refractivity contribution >= 4 is 40.0 Å². The third kappa shape index (κ3) is 4.70. The van der Waals surface area contributed by atoms with Gasteiger partial charge in [-0.1, -0.05) is 28.8 Å². The Morgan fingerprint density at radius 3 is 2.71 bits per heavy atom. The van der Waals surface area contributed by atoms with E-state index in [0.717, 1.165) is 5.56 Å². The average molecular weight is 519 g/mol. The Kier molecular flexibility index (Phi) is 6.37. The number of fused-ring (bicyclic) bond motifs is 1. The molecule has 3 heterocycles. The van der Waals surface area contributed by atoms with E-state index >= 15 is 4.39 Å². The van der Waals surface area contributed by atoms with Crippen molar-refractivity contribution in [2.75, 3.05) is 35.3 Å². The van der Waals surface area contributed by atoms with Crippen LogP contribution >= 0.6 is 11.6 Å². The van der Waals surface area contributed by atoms with Gasteiger partial charge in [0.1, 0.15) is 5.82 Å². The normalized spacial score (nSPS) is 20.0. The molecule has 3 aromatic rings. The van der Waals surface area contributed by atoms with Crippen LogP contribution in [0.3, 0.4) is 0 Å². The van der Waals surface area contributed by atoms with Crippen LogP contribution in [0.25, 0.3) is 11.5 Å². The highest BCUT2D eigenvalue weighted by Gasteiger charge is 2.35. The molecule has 1 amide bonds. The van der Waals surface area contributed by atoms with Gasteiger partial charge in [-0.15, -0.1) is 5.10 Å². The van der Waals surface area contributed by atoms with Crippen molar-refractivity contribution in [3.63, 3.8) is 0 Å². The van der Waals surface area contributed by atoms with Crippen LogP contribution in [-0.2, 0) is 26.9 Å². The fourth-order valence-electron chi connectivity index (χ4n) is 4.25. The Morgan fingerprint density at radius 2 is 1.97 bits per heavy atom. The zero-order chi connectivity index (χ0) is 24.7. The van der Waals surface area contributed by atoms with Crippen LogP contribution in [0.5, 0.6) is 0 Å². The lowest BCUT2D eigenvalue weighted by Gasteiger charge is -2.40. The molecular weight excluding hydrogens is 495 g/mol. The van der Waals surface area contributed by atoms with Crippen LogP contribution in [0.4, 0.5) is 16.1 Å². The number of ether oxygens (including phenoxy) is 1. The van der Waals surface area contributed by atoms with Gasteiger partial charge < -0.3 is 19.0 Å². The molecule has 8 nitrogen and oxygen atoms in total. The van der Waals surface area contributed by atoms with Crippen LogP contribution in [0.2, 0.25) is 5.02 Å². The monoisotopic (exact) mass is 518 g/mol. The van der Waals surface area contributed by atoms with Gasteiger partial charge >= 0.3 is 6.01 Å². The van der Waals surface area contributed by atoms with E-state index in [1.54, 1.807) is 12.1 Å². The van der Waals surface area contributed by atoms with Crippen molar-refractivity contribution in [3.05, 3.63) is 52.8 Å². The lowest BCUT2D eigenvalue weighted by molar-refractivity contribution is -0.118. The average Bonchev–Trinajstić information content (AvgIpc) is 3.27. The van der Waals surface area contributed by atoms with Gasteiger partial charge in [-0.2, -0.15) is 0 Å². The van der Waals surface area contributed by atoms with Crippen molar-refractivity contribution in [2.24, 2.45) is 0 Å². The summed E-state index contributed by atoms with van der Waals surface area (Å²) in [7, 11) is -1.53. The third-order valence-corrected chi connectivity index (χ3v) is 7.81. The maximum absolute atomic E-state index is 15.3. The number of halogens is 2. The molecule has 1 atom stereocenters. The molecule has 0 aliphatic carbocycles. The largest absolute Gasteiger partial charge is 0.403 e. The number of nitrogens with zero attached hydrogens (tertiary/aromatic N) is 4. The summed E-state index contributed by atoms with van der Waals surface area (Å²) in [6, 6.07) is 10.1. The zero-order valence-corrected chi connectivity index (χ0v) is 20.9. The lowest BCUT2D eigenvalue weighted by Crippen LogP contribution is -2.53. The molecular formula is C24H24ClFN4O4S. The zero-order valence-electron chi connectivity index (χ0n) is 19.3. The number of carbonyl (C=O) groups is 1. The molecule has 2 aromatic carbocycles. The summed E-state index contributed by atoms with van der Waals surface area (Å²) in [5.41, 5.74) is 0.874. The molecule has 2 aliphatic rings. The number of morpholine rings is 1. The number of hydrogen-bond donors (Lipinski definition) is 0. The second-order valence-electron chi connectivity index (χ2n) is 9.11. The topological polar surface area (TPSA) is 88.8 Å². The summed E-state index contributed by atoms with van der Waals surface area (Å²) < 4.78 is 39.5. The predicted molar refractivity (Wildman–Crippen MR) is 130 cm³/mol. The Labute approximate surface area is 209 Å². The minimum Gasteiger partial charge on any atom is -0.403 e. The summed E-state index contributed by atoms with van der Waals surface area (Å²) >= 11 is 6.00. The number of amides is 1. The molecule has 35 heavy (non-hydrogen) atoms. The van der Waals surface area contributed by atoms with Gasteiger partial charge in [-0.05, 0) is 43.7 Å². The van der Waals surface area contributed by atoms with E-state index in [1.807, 2.05) is 30.9 Å². The van der Waals surface area contributed by atoms with Crippen molar-refractivity contribution in [1.82, 2.24) is 10.2 Å². The van der Waals surface area contributed by atoms with Gasteiger partial charge in [0.05, 0.1) is 52.2 Å². The number of aromatic nitrogens is 2. The van der Waals surface area contributed by atoms with E-state index < -0.39 is 16.6 Å². The SMILES string of the molecule is CC1(C)COCCN1c1nnc(-c2cc3c(cc2F)S(=O)CCC(=O)N3Cc2ccc(Cl)cc2)o1. The van der Waals surface area contributed by atoms with Gasteiger partial charge in [-0.25, -0.2) is 4.39 Å². The highest BCUT2D eigenvalue weighted by atomic mass is 35.5. The van der Waals surface area contributed by atoms with Crippen molar-refractivity contribution in [1.29, 1.82) is 0 Å². The van der Waals surface area contributed by atoms with E-state index in [4.69, 9.17) is 20.8 Å². The first-order valence-electron chi connectivity index (χ1n) is 11.2. The van der Waals surface area contributed by atoms with Gasteiger partial charge in [0.15, 0.2) is 0 Å². The van der Waals surface area contributed by atoms with E-state index in [0.29, 0.717) is 30.5 Å². The summed E-state index contributed by atoms with van der Waals surface area (Å²) in [5.74, 6) is -0.741. The number of benzene rings is 2. The lowest BCUT2D eigenvalue weighted by atomic mass is 10.0. The van der Waals surface area contributed by atoms with Crippen molar-refractivity contribution in [3.8, 4) is 11.5 Å². The molecule has 0 spiro atoms. The van der Waals surface area contributed by atoms with Gasteiger partial charge in [0, 0.05) is 23.7 Å². The molecule has 0 saturated carbocycles. The van der Waals surface area contributed by atoms with E-state index in [9.17, 15) is 9.00 Å². The number of carbonyl (C=O) groups excluding carboxylic acids is 1. The highest BCUT2D eigenvalue weighted by Crippen LogP contribution is 2.37. The predicted octanol–water partition coefficient (Wildman–Crippen LogP) is 4.19. The number of hydrogen-bond acceptors (Lipinski definition) is 7. The van der Waals surface area contributed by atoms with E-state index in [-0.39, 0.29) is 52.5 Å². The van der Waals surface area contributed by atoms with E-state index in [1.165, 1.54) is 17.0 Å². The van der Waals surface area contributed by atoms with Crippen molar-refractivity contribution in [2.45, 2.75) is 37.2 Å². The molecule has 2 aliphatic heterocycles. The smallest absolute Gasteiger partial charge is 0.319 e. The summed E-state index contributed by atoms with van der Waals surface area (Å²) in [6.45, 7) is 5.78. The first kappa shape index (κ1) is 23.9. The van der Waals surface area contributed by atoms with Gasteiger partial charge in [-0.3, -0.25) is 9.00 Å². The Morgan fingerprint density at radius 1 is 1.20 bits per heavy atom. The summed E-state index contributed by atoms with van der Waals surface area (Å²) in [6.07, 6.45) is 0.0860. The minimum absolute atomic E-state index is 0.0171. The summed E-state index contributed by atoms with van der Waals surface area (Å²) in [5, 5.41) is 8.81. The van der Waals surface area contributed by atoms with Gasteiger partial charge in [0.25, 0.3) is 5.89 Å². The first-order chi connectivity index (χ1) is 16.7. The maximum Gasteiger partial charge on any atom is 0.319 e. The second kappa shape index (κ2) is 9.33. The Balaban J connectivity index is 1.55. The highest BCUT2D eigenvalue weighted by molar-refractivity contribution is 7.85. The number of anilines is 2. The van der Waals surface area contributed by atoms with Crippen LogP contribution in [0, 0.1) is 5.82 Å². The van der Waals surface area contributed by atoms with Crippen LogP contribution < -0.4 is 9.80 Å². The van der Waals surface area contributed by atoms with Crippen molar-refractivity contribution < 1.29 is 22.5 Å². The molecule has 0 bridgehead atoms. The minimum atomic E-state index is -1.53. The quantitative estimate of drug-likeness (QED) is 0.511. The molecule has 0 radical (unpaired) electrons. The fourth-order valence-corrected chi connectivity index (χ4v) is 5.60. The summed E-state index contributed by atoms with van der Waals surface area (Å²) in [4.78, 5) is 16.7. The molecule has 1 unspecified atom stereocenters.